The molecule has 1 aliphatic heterocycles. The van der Waals surface area contributed by atoms with Gasteiger partial charge in [-0.15, -0.1) is 11.3 Å². The van der Waals surface area contributed by atoms with Crippen LogP contribution in [0, 0.1) is 5.92 Å². The van der Waals surface area contributed by atoms with Gasteiger partial charge in [0.25, 0.3) is 5.91 Å². The van der Waals surface area contributed by atoms with E-state index in [2.05, 4.69) is 10.6 Å². The lowest BCUT2D eigenvalue weighted by molar-refractivity contribution is 0.103. The van der Waals surface area contributed by atoms with Crippen LogP contribution in [-0.4, -0.2) is 42.6 Å². The molecule has 2 heterocycles. The summed E-state index contributed by atoms with van der Waals surface area (Å²) in [4.78, 5) is 27.6. The number of hydrogen-bond acceptors (Lipinski definition) is 4. The molecule has 7 heteroatoms. The van der Waals surface area contributed by atoms with Crippen molar-refractivity contribution in [1.29, 1.82) is 0 Å². The molecular weight excluding hydrogens is 362 g/mol. The van der Waals surface area contributed by atoms with Crippen LogP contribution in [0.4, 0.5) is 16.2 Å². The number of anilines is 2. The number of benzene rings is 1. The van der Waals surface area contributed by atoms with Crippen LogP contribution in [0.15, 0.2) is 41.8 Å². The van der Waals surface area contributed by atoms with E-state index in [0.29, 0.717) is 28.2 Å². The molecule has 1 atom stereocenters. The number of urea groups is 1. The maximum absolute atomic E-state index is 12.8. The Balaban J connectivity index is 1.39. The van der Waals surface area contributed by atoms with Gasteiger partial charge in [0.05, 0.1) is 11.5 Å². The van der Waals surface area contributed by atoms with Crippen LogP contribution in [0.5, 0.6) is 0 Å². The lowest BCUT2D eigenvalue weighted by Crippen LogP contribution is -2.40. The first-order chi connectivity index (χ1) is 13.2. The minimum absolute atomic E-state index is 0.0777. The summed E-state index contributed by atoms with van der Waals surface area (Å²) < 4.78 is 5.44. The molecule has 0 bridgehead atoms. The van der Waals surface area contributed by atoms with Gasteiger partial charge in [-0.2, -0.15) is 0 Å². The molecule has 3 amide bonds. The summed E-state index contributed by atoms with van der Waals surface area (Å²) >= 11 is 1.40. The molecule has 2 N–H and O–H groups in total. The number of nitrogens with one attached hydrogen (secondary N) is 2. The number of ether oxygens (including phenoxy) is 1. The Morgan fingerprint density at radius 3 is 2.59 bits per heavy atom. The molecule has 0 radical (unpaired) electrons. The highest BCUT2D eigenvalue weighted by Crippen LogP contribution is 2.30. The summed E-state index contributed by atoms with van der Waals surface area (Å²) in [5.74, 6) is 0.280. The normalized spacial score (nSPS) is 18.9. The second-order valence-corrected chi connectivity index (χ2v) is 8.00. The fourth-order valence-electron chi connectivity index (χ4n) is 3.26. The first kappa shape index (κ1) is 18.0. The van der Waals surface area contributed by atoms with Gasteiger partial charge in [-0.3, -0.25) is 4.79 Å². The van der Waals surface area contributed by atoms with Crippen molar-refractivity contribution in [3.8, 4) is 0 Å². The summed E-state index contributed by atoms with van der Waals surface area (Å²) in [5.41, 5.74) is 1.34. The monoisotopic (exact) mass is 385 g/mol. The van der Waals surface area contributed by atoms with E-state index in [9.17, 15) is 9.59 Å². The highest BCUT2D eigenvalue weighted by atomic mass is 32.1. The van der Waals surface area contributed by atoms with Crippen molar-refractivity contribution < 1.29 is 14.3 Å². The standard InChI is InChI=1S/C20H23N3O3S/c24-19(18-5-2-10-27-18)21-15-3-1-4-16(11-15)22-20(25)23(17-6-7-17)12-14-8-9-26-13-14/h1-5,10-11,14,17H,6-9,12-13H2,(H,21,24)(H,22,25)/t14-/m0/s1. The van der Waals surface area contributed by atoms with E-state index in [-0.39, 0.29) is 11.9 Å². The number of amides is 3. The Bertz CT molecular complexity index is 799. The molecule has 1 aromatic carbocycles. The molecule has 0 spiro atoms. The second-order valence-electron chi connectivity index (χ2n) is 7.06. The number of rotatable bonds is 6. The Morgan fingerprint density at radius 2 is 1.93 bits per heavy atom. The number of hydrogen-bond donors (Lipinski definition) is 2. The fraction of sp³-hybridized carbons (Fsp3) is 0.400. The minimum Gasteiger partial charge on any atom is -0.381 e. The highest BCUT2D eigenvalue weighted by Gasteiger charge is 2.34. The predicted octanol–water partition coefficient (Wildman–Crippen LogP) is 4.03. The molecule has 1 saturated heterocycles. The van der Waals surface area contributed by atoms with Crippen molar-refractivity contribution >= 4 is 34.6 Å². The lowest BCUT2D eigenvalue weighted by atomic mass is 10.1. The summed E-state index contributed by atoms with van der Waals surface area (Å²) in [6.07, 6.45) is 3.15. The van der Waals surface area contributed by atoms with Crippen LogP contribution in [0.1, 0.15) is 28.9 Å². The van der Waals surface area contributed by atoms with Gasteiger partial charge >= 0.3 is 6.03 Å². The molecular formula is C20H23N3O3S. The number of carbonyl (C=O) groups excluding carboxylic acids is 2. The average Bonchev–Trinajstić information content (AvgIpc) is 3.12. The molecule has 27 heavy (non-hydrogen) atoms. The summed E-state index contributed by atoms with van der Waals surface area (Å²) in [6, 6.07) is 11.2. The summed E-state index contributed by atoms with van der Waals surface area (Å²) in [7, 11) is 0. The third kappa shape index (κ3) is 4.67. The van der Waals surface area contributed by atoms with Gasteiger partial charge in [-0.1, -0.05) is 12.1 Å². The smallest absolute Gasteiger partial charge is 0.322 e. The van der Waals surface area contributed by atoms with Gasteiger partial charge in [0.1, 0.15) is 0 Å². The van der Waals surface area contributed by atoms with Crippen LogP contribution in [-0.2, 0) is 4.74 Å². The number of thiophene rings is 1. The molecule has 142 valence electrons. The van der Waals surface area contributed by atoms with E-state index in [1.165, 1.54) is 11.3 Å². The van der Waals surface area contributed by atoms with Gasteiger partial charge in [0.15, 0.2) is 0 Å². The molecule has 1 aliphatic carbocycles. The third-order valence-corrected chi connectivity index (χ3v) is 5.71. The predicted molar refractivity (Wildman–Crippen MR) is 106 cm³/mol. The van der Waals surface area contributed by atoms with Crippen LogP contribution in [0.3, 0.4) is 0 Å². The van der Waals surface area contributed by atoms with E-state index in [1.807, 2.05) is 34.5 Å². The van der Waals surface area contributed by atoms with E-state index < -0.39 is 0 Å². The van der Waals surface area contributed by atoms with Crippen LogP contribution in [0.25, 0.3) is 0 Å². The maximum Gasteiger partial charge on any atom is 0.322 e. The molecule has 2 aliphatic rings. The largest absolute Gasteiger partial charge is 0.381 e. The lowest BCUT2D eigenvalue weighted by Gasteiger charge is -2.25. The van der Waals surface area contributed by atoms with E-state index in [4.69, 9.17) is 4.74 Å². The zero-order valence-electron chi connectivity index (χ0n) is 15.0. The Kier molecular flexibility index (Phi) is 5.40. The van der Waals surface area contributed by atoms with Crippen molar-refractivity contribution in [3.05, 3.63) is 46.7 Å². The van der Waals surface area contributed by atoms with Gasteiger partial charge < -0.3 is 20.3 Å². The van der Waals surface area contributed by atoms with Crippen molar-refractivity contribution in [1.82, 2.24) is 4.90 Å². The molecule has 6 nitrogen and oxygen atoms in total. The molecule has 1 saturated carbocycles. The first-order valence-electron chi connectivity index (χ1n) is 9.29. The Labute approximate surface area is 162 Å². The second kappa shape index (κ2) is 8.10. The third-order valence-electron chi connectivity index (χ3n) is 4.84. The SMILES string of the molecule is O=C(Nc1cccc(NC(=O)N(C[C@@H]2CCOC2)C2CC2)c1)c1cccs1. The van der Waals surface area contributed by atoms with Crippen LogP contribution in [0.2, 0.25) is 0 Å². The molecule has 4 rings (SSSR count). The molecule has 2 fully saturated rings. The van der Waals surface area contributed by atoms with E-state index in [1.54, 1.807) is 12.1 Å². The zero-order chi connectivity index (χ0) is 18.6. The maximum atomic E-state index is 12.8. The highest BCUT2D eigenvalue weighted by molar-refractivity contribution is 7.12. The summed E-state index contributed by atoms with van der Waals surface area (Å²) in [5, 5.41) is 7.72. The molecule has 0 unspecified atom stereocenters. The zero-order valence-corrected chi connectivity index (χ0v) is 15.8. The Morgan fingerprint density at radius 1 is 1.11 bits per heavy atom. The fourth-order valence-corrected chi connectivity index (χ4v) is 3.88. The van der Waals surface area contributed by atoms with Crippen molar-refractivity contribution in [2.75, 3.05) is 30.4 Å². The van der Waals surface area contributed by atoms with Crippen LogP contribution >= 0.6 is 11.3 Å². The van der Waals surface area contributed by atoms with Gasteiger partial charge in [0, 0.05) is 36.5 Å². The van der Waals surface area contributed by atoms with E-state index >= 15 is 0 Å². The Hall–Kier alpha value is -2.38. The average molecular weight is 385 g/mol. The van der Waals surface area contributed by atoms with E-state index in [0.717, 1.165) is 39.0 Å². The first-order valence-corrected chi connectivity index (χ1v) is 10.2. The quantitative estimate of drug-likeness (QED) is 0.789. The molecule has 2 aromatic rings. The van der Waals surface area contributed by atoms with Crippen molar-refractivity contribution in [3.63, 3.8) is 0 Å². The number of nitrogens with zero attached hydrogens (tertiary/aromatic N) is 1. The van der Waals surface area contributed by atoms with Gasteiger partial charge in [0.2, 0.25) is 0 Å². The minimum atomic E-state index is -0.144. The number of carbonyl (C=O) groups is 2. The van der Waals surface area contributed by atoms with Gasteiger partial charge in [-0.25, -0.2) is 4.79 Å². The van der Waals surface area contributed by atoms with Gasteiger partial charge in [-0.05, 0) is 48.9 Å². The molecule has 1 aromatic heterocycles. The van der Waals surface area contributed by atoms with Crippen molar-refractivity contribution in [2.45, 2.75) is 25.3 Å². The summed E-state index contributed by atoms with van der Waals surface area (Å²) in [6.45, 7) is 2.27. The van der Waals surface area contributed by atoms with Crippen LogP contribution < -0.4 is 10.6 Å². The van der Waals surface area contributed by atoms with Crippen molar-refractivity contribution in [2.24, 2.45) is 5.92 Å². The topological polar surface area (TPSA) is 70.7 Å².